The molecule has 1 aromatic rings. The van der Waals surface area contributed by atoms with E-state index in [-0.39, 0.29) is 23.2 Å². The van der Waals surface area contributed by atoms with Gasteiger partial charge in [0.25, 0.3) is 0 Å². The minimum atomic E-state index is -1.58. The molecule has 0 aromatic heterocycles. The van der Waals surface area contributed by atoms with E-state index in [1.165, 1.54) is 6.07 Å². The summed E-state index contributed by atoms with van der Waals surface area (Å²) in [6.45, 7) is 3.21. The fourth-order valence-corrected chi connectivity index (χ4v) is 2.62. The number of benzene rings is 1. The highest BCUT2D eigenvalue weighted by Gasteiger charge is 2.45. The Morgan fingerprint density at radius 3 is 2.38 bits per heavy atom. The van der Waals surface area contributed by atoms with E-state index in [0.717, 1.165) is 6.07 Å². The maximum absolute atomic E-state index is 10.1. The Labute approximate surface area is 139 Å². The van der Waals surface area contributed by atoms with Gasteiger partial charge in [-0.25, -0.2) is 0 Å². The molecule has 0 aliphatic carbocycles. The first-order valence-corrected chi connectivity index (χ1v) is 7.83. The molecule has 0 saturated carbocycles. The van der Waals surface area contributed by atoms with Crippen LogP contribution in [0.3, 0.4) is 0 Å². The predicted octanol–water partition coefficient (Wildman–Crippen LogP) is -0.210. The average Bonchev–Trinajstić information content (AvgIpc) is 2.56. The number of phenolic OH excluding ortho intramolecular Hbond substituents is 2. The molecule has 6 N–H and O–H groups in total. The normalized spacial score (nSPS) is 31.7. The van der Waals surface area contributed by atoms with Crippen LogP contribution in [-0.4, -0.2) is 68.0 Å². The van der Waals surface area contributed by atoms with Crippen molar-refractivity contribution in [1.82, 2.24) is 0 Å². The van der Waals surface area contributed by atoms with Crippen molar-refractivity contribution in [2.45, 2.75) is 56.9 Å². The van der Waals surface area contributed by atoms with Crippen LogP contribution in [0.1, 0.15) is 31.7 Å². The summed E-state index contributed by atoms with van der Waals surface area (Å²) in [6, 6.07) is 2.53. The topological polar surface area (TPSA) is 140 Å². The highest BCUT2D eigenvalue weighted by atomic mass is 16.7. The zero-order chi connectivity index (χ0) is 18.0. The van der Waals surface area contributed by atoms with Crippen LogP contribution < -0.4 is 4.74 Å². The number of aromatic hydroxyl groups is 2. The fraction of sp³-hybridized carbons (Fsp3) is 0.625. The van der Waals surface area contributed by atoms with Crippen LogP contribution in [0.4, 0.5) is 0 Å². The van der Waals surface area contributed by atoms with Gasteiger partial charge in [-0.1, -0.05) is 13.8 Å². The molecule has 136 valence electrons. The van der Waals surface area contributed by atoms with Crippen LogP contribution in [-0.2, 0) is 4.74 Å². The van der Waals surface area contributed by atoms with Crippen molar-refractivity contribution in [1.29, 1.82) is 0 Å². The quantitative estimate of drug-likeness (QED) is 0.431. The molecule has 2 rings (SSSR count). The standard InChI is InChI=1S/C16H24O8/c1-3-7(2)9-4-8(18)5-10(19)15(9)24-16-14(22)13(21)12(20)11(6-17)23-16/h4-5,7,11-14,16-22H,3,6H2,1-2H3/t7?,11-,12-,13+,14-,16+/m1/s1. The molecule has 0 bridgehead atoms. The van der Waals surface area contributed by atoms with E-state index in [9.17, 15) is 30.6 Å². The Bertz CT molecular complexity index is 561. The summed E-state index contributed by atoms with van der Waals surface area (Å²) in [4.78, 5) is 0. The Morgan fingerprint density at radius 2 is 1.79 bits per heavy atom. The second-order valence-electron chi connectivity index (χ2n) is 6.01. The molecule has 8 nitrogen and oxygen atoms in total. The fourth-order valence-electron chi connectivity index (χ4n) is 2.62. The van der Waals surface area contributed by atoms with Crippen LogP contribution in [0, 0.1) is 0 Å². The lowest BCUT2D eigenvalue weighted by atomic mass is 9.96. The van der Waals surface area contributed by atoms with Crippen LogP contribution in [0.5, 0.6) is 17.2 Å². The number of aliphatic hydroxyl groups is 4. The molecule has 6 atom stereocenters. The van der Waals surface area contributed by atoms with Gasteiger partial charge in [0.2, 0.25) is 6.29 Å². The van der Waals surface area contributed by atoms with Crippen molar-refractivity contribution in [3.05, 3.63) is 17.7 Å². The summed E-state index contributed by atoms with van der Waals surface area (Å²) < 4.78 is 10.8. The minimum Gasteiger partial charge on any atom is -0.508 e. The van der Waals surface area contributed by atoms with Gasteiger partial charge in [-0.3, -0.25) is 0 Å². The molecule has 1 saturated heterocycles. The predicted molar refractivity (Wildman–Crippen MR) is 82.9 cm³/mol. The third-order valence-corrected chi connectivity index (χ3v) is 4.31. The van der Waals surface area contributed by atoms with Crippen LogP contribution in [0.2, 0.25) is 0 Å². The molecular formula is C16H24O8. The lowest BCUT2D eigenvalue weighted by molar-refractivity contribution is -0.277. The van der Waals surface area contributed by atoms with E-state index in [4.69, 9.17) is 9.47 Å². The number of hydrogen-bond acceptors (Lipinski definition) is 8. The third kappa shape index (κ3) is 3.57. The lowest BCUT2D eigenvalue weighted by Gasteiger charge is -2.39. The van der Waals surface area contributed by atoms with Crippen LogP contribution in [0.15, 0.2) is 12.1 Å². The second kappa shape index (κ2) is 7.54. The molecule has 24 heavy (non-hydrogen) atoms. The van der Waals surface area contributed by atoms with Gasteiger partial charge in [-0.2, -0.15) is 0 Å². The van der Waals surface area contributed by atoms with E-state index in [0.29, 0.717) is 12.0 Å². The van der Waals surface area contributed by atoms with Crippen molar-refractivity contribution in [2.75, 3.05) is 6.61 Å². The van der Waals surface area contributed by atoms with Gasteiger partial charge in [0.15, 0.2) is 11.5 Å². The van der Waals surface area contributed by atoms with Crippen molar-refractivity contribution in [3.8, 4) is 17.2 Å². The van der Waals surface area contributed by atoms with Crippen molar-refractivity contribution in [3.63, 3.8) is 0 Å². The van der Waals surface area contributed by atoms with Crippen molar-refractivity contribution < 1.29 is 40.1 Å². The molecule has 0 amide bonds. The van der Waals surface area contributed by atoms with E-state index in [1.807, 2.05) is 13.8 Å². The second-order valence-corrected chi connectivity index (χ2v) is 6.01. The molecule has 0 spiro atoms. The molecule has 1 aliphatic heterocycles. The smallest absolute Gasteiger partial charge is 0.229 e. The summed E-state index contributed by atoms with van der Waals surface area (Å²) in [5, 5.41) is 58.6. The largest absolute Gasteiger partial charge is 0.508 e. The maximum atomic E-state index is 10.1. The van der Waals surface area contributed by atoms with Gasteiger partial charge in [0.05, 0.1) is 6.61 Å². The molecule has 1 fully saturated rings. The van der Waals surface area contributed by atoms with E-state index >= 15 is 0 Å². The summed E-state index contributed by atoms with van der Waals surface area (Å²) in [5.41, 5.74) is 0.506. The number of rotatable bonds is 5. The Hall–Kier alpha value is -1.58. The van der Waals surface area contributed by atoms with Crippen LogP contribution >= 0.6 is 0 Å². The van der Waals surface area contributed by atoms with Crippen molar-refractivity contribution >= 4 is 0 Å². The molecule has 0 radical (unpaired) electrons. The van der Waals surface area contributed by atoms with Gasteiger partial charge in [0, 0.05) is 11.6 Å². The van der Waals surface area contributed by atoms with E-state index < -0.39 is 37.3 Å². The average molecular weight is 344 g/mol. The van der Waals surface area contributed by atoms with Gasteiger partial charge in [-0.15, -0.1) is 0 Å². The first kappa shape index (κ1) is 18.8. The van der Waals surface area contributed by atoms with Gasteiger partial charge < -0.3 is 40.1 Å². The molecule has 1 aromatic carbocycles. The summed E-state index contributed by atoms with van der Waals surface area (Å²) in [6.07, 6.45) is -6.47. The van der Waals surface area contributed by atoms with E-state index in [2.05, 4.69) is 0 Å². The SMILES string of the molecule is CCC(C)c1cc(O)cc(O)c1O[C@@H]1O[C@H](CO)[C@@H](O)[C@H](O)[C@H]1O. The number of hydrogen-bond donors (Lipinski definition) is 6. The zero-order valence-electron chi connectivity index (χ0n) is 13.5. The Kier molecular flexibility index (Phi) is 5.89. The third-order valence-electron chi connectivity index (χ3n) is 4.31. The highest BCUT2D eigenvalue weighted by molar-refractivity contribution is 5.52. The first-order valence-electron chi connectivity index (χ1n) is 7.83. The van der Waals surface area contributed by atoms with Gasteiger partial charge in [-0.05, 0) is 18.4 Å². The zero-order valence-corrected chi connectivity index (χ0v) is 13.5. The van der Waals surface area contributed by atoms with Gasteiger partial charge >= 0.3 is 0 Å². The molecule has 8 heteroatoms. The molecule has 1 unspecified atom stereocenters. The summed E-state index contributed by atoms with van der Waals surface area (Å²) in [5.74, 6) is -0.541. The number of aliphatic hydroxyl groups excluding tert-OH is 4. The van der Waals surface area contributed by atoms with Gasteiger partial charge in [0.1, 0.15) is 30.2 Å². The van der Waals surface area contributed by atoms with Crippen LogP contribution in [0.25, 0.3) is 0 Å². The monoisotopic (exact) mass is 344 g/mol. The Morgan fingerprint density at radius 1 is 1.12 bits per heavy atom. The Balaban J connectivity index is 2.33. The number of phenols is 2. The summed E-state index contributed by atoms with van der Waals surface area (Å²) >= 11 is 0. The first-order chi connectivity index (χ1) is 11.3. The summed E-state index contributed by atoms with van der Waals surface area (Å²) in [7, 11) is 0. The lowest BCUT2D eigenvalue weighted by Crippen LogP contribution is -2.60. The number of ether oxygens (including phenoxy) is 2. The maximum Gasteiger partial charge on any atom is 0.229 e. The molecule has 1 heterocycles. The van der Waals surface area contributed by atoms with E-state index in [1.54, 1.807) is 0 Å². The van der Waals surface area contributed by atoms with Crippen molar-refractivity contribution in [2.24, 2.45) is 0 Å². The minimum absolute atomic E-state index is 0.00600. The molecule has 1 aliphatic rings. The highest BCUT2D eigenvalue weighted by Crippen LogP contribution is 2.41. The molecular weight excluding hydrogens is 320 g/mol.